The third kappa shape index (κ3) is 7.30. The number of amides is 2. The lowest BCUT2D eigenvalue weighted by atomic mass is 10.0. The summed E-state index contributed by atoms with van der Waals surface area (Å²) in [6.45, 7) is 2.93. The average Bonchev–Trinajstić information content (AvgIpc) is 3.53. The van der Waals surface area contributed by atoms with E-state index in [1.54, 1.807) is 41.5 Å². The monoisotopic (exact) mass is 624 g/mol. The number of hydroxylamine groups is 2. The Labute approximate surface area is 255 Å². The van der Waals surface area contributed by atoms with E-state index in [9.17, 15) is 17.8 Å². The highest BCUT2D eigenvalue weighted by Gasteiger charge is 2.37. The topological polar surface area (TPSA) is 110 Å². The molecule has 1 fully saturated rings. The summed E-state index contributed by atoms with van der Waals surface area (Å²) in [5.74, 6) is -1.54. The van der Waals surface area contributed by atoms with Gasteiger partial charge in [-0.1, -0.05) is 36.4 Å². The van der Waals surface area contributed by atoms with Crippen molar-refractivity contribution in [3.05, 3.63) is 95.6 Å². The van der Waals surface area contributed by atoms with Crippen molar-refractivity contribution in [1.82, 2.24) is 20.2 Å². The van der Waals surface area contributed by atoms with Crippen LogP contribution in [0.5, 0.6) is 0 Å². The van der Waals surface area contributed by atoms with Crippen LogP contribution in [0.3, 0.4) is 0 Å². The van der Waals surface area contributed by atoms with Crippen molar-refractivity contribution in [3.8, 4) is 16.9 Å². The van der Waals surface area contributed by atoms with Crippen molar-refractivity contribution in [1.29, 1.82) is 0 Å². The Balaban J connectivity index is 1.46. The summed E-state index contributed by atoms with van der Waals surface area (Å²) >= 11 is 0. The van der Waals surface area contributed by atoms with Crippen LogP contribution >= 0.6 is 0 Å². The molecular weight excluding hydrogens is 590 g/mol. The number of aromatic nitrogens is 2. The standard InChI is InChI=1S/C31H34F2N6O4S/c1-20-28(21-9-8-10-23(17-21)37-44(3,4)41)36-39(24-11-6-5-7-12-24)30(20)35-31(40)34-27-19-38(15-16-42-2)43-29(27)22-13-14-25(32)26(33)18-22/h5-14,17-18,27,29H,15-16,19H2,1-4H3,(H2,34,35,40)/t27-,29+/m1/s1. The number of urea groups is 1. The minimum Gasteiger partial charge on any atom is -0.383 e. The number of anilines is 1. The fourth-order valence-electron chi connectivity index (χ4n) is 4.98. The zero-order chi connectivity index (χ0) is 31.4. The van der Waals surface area contributed by atoms with Gasteiger partial charge in [0.15, 0.2) is 11.6 Å². The maximum absolute atomic E-state index is 14.1. The van der Waals surface area contributed by atoms with Crippen molar-refractivity contribution in [2.75, 3.05) is 44.6 Å². The number of halogens is 2. The summed E-state index contributed by atoms with van der Waals surface area (Å²) in [5, 5.41) is 12.4. The second kappa shape index (κ2) is 13.2. The number of ether oxygens (including phenoxy) is 1. The molecule has 0 saturated carbocycles. The van der Waals surface area contributed by atoms with Crippen molar-refractivity contribution < 1.29 is 27.4 Å². The van der Waals surface area contributed by atoms with Crippen LogP contribution in [0.2, 0.25) is 0 Å². The van der Waals surface area contributed by atoms with Gasteiger partial charge in [0.1, 0.15) is 11.9 Å². The number of methoxy groups -OCH3 is 1. The molecule has 4 aromatic rings. The van der Waals surface area contributed by atoms with E-state index >= 15 is 0 Å². The van der Waals surface area contributed by atoms with Crippen LogP contribution < -0.4 is 10.6 Å². The molecule has 5 rings (SSSR count). The summed E-state index contributed by atoms with van der Waals surface area (Å²) in [4.78, 5) is 19.5. The fourth-order valence-corrected chi connectivity index (χ4v) is 5.60. The van der Waals surface area contributed by atoms with Crippen LogP contribution in [0.25, 0.3) is 16.9 Å². The molecule has 232 valence electrons. The number of carbonyl (C=O) groups is 1. The Hall–Kier alpha value is -4.17. The Kier molecular flexibility index (Phi) is 9.39. The van der Waals surface area contributed by atoms with Crippen LogP contribution in [0.4, 0.5) is 25.1 Å². The van der Waals surface area contributed by atoms with E-state index in [1.807, 2.05) is 49.4 Å². The molecule has 1 aliphatic heterocycles. The molecule has 2 atom stereocenters. The van der Waals surface area contributed by atoms with Crippen LogP contribution in [0.1, 0.15) is 17.2 Å². The van der Waals surface area contributed by atoms with E-state index in [-0.39, 0.29) is 6.54 Å². The Morgan fingerprint density at radius 2 is 1.86 bits per heavy atom. The maximum Gasteiger partial charge on any atom is 0.320 e. The number of para-hydroxylation sites is 1. The summed E-state index contributed by atoms with van der Waals surface area (Å²) in [5.41, 5.74) is 3.70. The van der Waals surface area contributed by atoms with Gasteiger partial charge < -0.3 is 10.1 Å². The first kappa shape index (κ1) is 31.3. The molecule has 0 spiro atoms. The van der Waals surface area contributed by atoms with Gasteiger partial charge in [-0.25, -0.2) is 22.5 Å². The van der Waals surface area contributed by atoms with E-state index in [0.717, 1.165) is 23.4 Å². The Morgan fingerprint density at radius 3 is 2.57 bits per heavy atom. The molecule has 10 nitrogen and oxygen atoms in total. The highest BCUT2D eigenvalue weighted by atomic mass is 32.2. The third-order valence-electron chi connectivity index (χ3n) is 6.96. The molecule has 2 N–H and O–H groups in total. The molecule has 1 aromatic heterocycles. The van der Waals surface area contributed by atoms with Gasteiger partial charge in [0.2, 0.25) is 0 Å². The van der Waals surface area contributed by atoms with E-state index in [1.165, 1.54) is 6.07 Å². The van der Waals surface area contributed by atoms with Crippen LogP contribution in [-0.2, 0) is 19.3 Å². The van der Waals surface area contributed by atoms with E-state index in [0.29, 0.717) is 41.5 Å². The number of nitrogens with zero attached hydrogens (tertiary/aromatic N) is 4. The van der Waals surface area contributed by atoms with Crippen molar-refractivity contribution in [2.24, 2.45) is 4.36 Å². The highest BCUT2D eigenvalue weighted by Crippen LogP contribution is 2.33. The Bertz CT molecular complexity index is 1770. The summed E-state index contributed by atoms with van der Waals surface area (Å²) in [6.07, 6.45) is 2.38. The number of carbonyl (C=O) groups excluding carboxylic acids is 1. The van der Waals surface area contributed by atoms with Gasteiger partial charge in [0.05, 0.1) is 29.7 Å². The van der Waals surface area contributed by atoms with Gasteiger partial charge in [-0.05, 0) is 48.9 Å². The first-order valence-corrected chi connectivity index (χ1v) is 16.2. The first-order valence-electron chi connectivity index (χ1n) is 13.9. The normalized spacial score (nSPS) is 17.0. The van der Waals surface area contributed by atoms with E-state index in [4.69, 9.17) is 14.7 Å². The Morgan fingerprint density at radius 1 is 1.09 bits per heavy atom. The second-order valence-electron chi connectivity index (χ2n) is 10.7. The van der Waals surface area contributed by atoms with E-state index in [2.05, 4.69) is 15.0 Å². The quantitative estimate of drug-likeness (QED) is 0.251. The van der Waals surface area contributed by atoms with Crippen LogP contribution in [-0.4, -0.2) is 70.4 Å². The van der Waals surface area contributed by atoms with Crippen molar-refractivity contribution in [3.63, 3.8) is 0 Å². The molecule has 44 heavy (non-hydrogen) atoms. The predicted octanol–water partition coefficient (Wildman–Crippen LogP) is 5.61. The molecule has 2 heterocycles. The molecule has 2 amide bonds. The summed E-state index contributed by atoms with van der Waals surface area (Å²) in [7, 11) is -0.809. The van der Waals surface area contributed by atoms with Crippen molar-refractivity contribution >= 4 is 27.3 Å². The minimum atomic E-state index is -2.37. The largest absolute Gasteiger partial charge is 0.383 e. The van der Waals surface area contributed by atoms with Crippen LogP contribution in [0, 0.1) is 18.6 Å². The molecule has 0 unspecified atom stereocenters. The van der Waals surface area contributed by atoms with Gasteiger partial charge >= 0.3 is 6.03 Å². The molecule has 1 saturated heterocycles. The number of rotatable bonds is 9. The first-order chi connectivity index (χ1) is 21.0. The smallest absolute Gasteiger partial charge is 0.320 e. The third-order valence-corrected chi connectivity index (χ3v) is 7.61. The molecular formula is C31H34F2N6O4S. The van der Waals surface area contributed by atoms with Gasteiger partial charge in [-0.2, -0.15) is 14.5 Å². The fraction of sp³-hybridized carbons (Fsp3) is 0.290. The minimum absolute atomic E-state index is 0.289. The van der Waals surface area contributed by atoms with Gasteiger partial charge in [0.25, 0.3) is 0 Å². The molecule has 3 aromatic carbocycles. The SMILES string of the molecule is COCCN1C[C@@H](NC(=O)Nc2c(C)c(-c3cccc(N=S(C)(C)=O)c3)nn2-c2ccccc2)[C@H](c2ccc(F)c(F)c2)O1. The zero-order valence-corrected chi connectivity index (χ0v) is 25.6. The van der Waals surface area contributed by atoms with Gasteiger partial charge in [-0.15, -0.1) is 0 Å². The average molecular weight is 625 g/mol. The lowest BCUT2D eigenvalue weighted by Gasteiger charge is -2.20. The second-order valence-corrected chi connectivity index (χ2v) is 13.2. The van der Waals surface area contributed by atoms with Crippen LogP contribution in [0.15, 0.2) is 77.2 Å². The molecule has 1 aliphatic rings. The van der Waals surface area contributed by atoms with Crippen molar-refractivity contribution in [2.45, 2.75) is 19.1 Å². The van der Waals surface area contributed by atoms with Gasteiger partial charge in [-0.3, -0.25) is 10.2 Å². The number of hydrogen-bond acceptors (Lipinski definition) is 7. The zero-order valence-electron chi connectivity index (χ0n) is 24.8. The lowest BCUT2D eigenvalue weighted by Crippen LogP contribution is -2.42. The summed E-state index contributed by atoms with van der Waals surface area (Å²) in [6, 6.07) is 19.0. The highest BCUT2D eigenvalue weighted by molar-refractivity contribution is 7.92. The van der Waals surface area contributed by atoms with E-state index < -0.39 is 39.5 Å². The van der Waals surface area contributed by atoms with Gasteiger partial charge in [0, 0.05) is 53.6 Å². The number of hydrogen-bond donors (Lipinski definition) is 2. The number of nitrogens with one attached hydrogen (secondary N) is 2. The molecule has 0 radical (unpaired) electrons. The molecule has 0 aliphatic carbocycles. The lowest BCUT2D eigenvalue weighted by molar-refractivity contribution is -0.154. The summed E-state index contributed by atoms with van der Waals surface area (Å²) < 4.78 is 51.2. The number of benzene rings is 3. The predicted molar refractivity (Wildman–Crippen MR) is 165 cm³/mol. The molecule has 0 bridgehead atoms. The maximum atomic E-state index is 14.1. The molecule has 13 heteroatoms.